The highest BCUT2D eigenvalue weighted by atomic mass is 19.1. The lowest BCUT2D eigenvalue weighted by atomic mass is 10.1. The van der Waals surface area contributed by atoms with Crippen molar-refractivity contribution in [3.05, 3.63) is 65.7 Å². The van der Waals surface area contributed by atoms with Gasteiger partial charge in [-0.2, -0.15) is 0 Å². The summed E-state index contributed by atoms with van der Waals surface area (Å²) in [6.45, 7) is 0.344. The molecule has 25 heavy (non-hydrogen) atoms. The number of imidazole rings is 1. The number of halogens is 1. The molecule has 1 aliphatic rings. The van der Waals surface area contributed by atoms with Crippen LogP contribution in [-0.4, -0.2) is 26.8 Å². The Hall–Kier alpha value is -2.69. The minimum absolute atomic E-state index is 0.0613. The van der Waals surface area contributed by atoms with Gasteiger partial charge in [-0.15, -0.1) is 0 Å². The number of carbonyl (C=O) groups excluding carboxylic acids is 1. The Balaban J connectivity index is 1.43. The van der Waals surface area contributed by atoms with E-state index in [0.29, 0.717) is 24.9 Å². The fourth-order valence-electron chi connectivity index (χ4n) is 3.11. The van der Waals surface area contributed by atoms with E-state index in [4.69, 9.17) is 0 Å². The summed E-state index contributed by atoms with van der Waals surface area (Å²) < 4.78 is 13.9. The number of aryl methyl sites for hydroxylation is 1. The molecule has 3 aromatic rings. The number of amides is 1. The average molecular weight is 337 g/mol. The predicted molar refractivity (Wildman–Crippen MR) is 94.4 cm³/mol. The van der Waals surface area contributed by atoms with Gasteiger partial charge in [-0.05, 0) is 31.0 Å². The van der Waals surface area contributed by atoms with Crippen molar-refractivity contribution >= 4 is 16.9 Å². The van der Waals surface area contributed by atoms with E-state index in [1.54, 1.807) is 12.1 Å². The largest absolute Gasteiger partial charge is 0.342 e. The zero-order valence-corrected chi connectivity index (χ0v) is 13.9. The van der Waals surface area contributed by atoms with Gasteiger partial charge in [0.05, 0.1) is 11.0 Å². The molecule has 1 fully saturated rings. The zero-order chi connectivity index (χ0) is 17.2. The Kier molecular flexibility index (Phi) is 4.22. The van der Waals surface area contributed by atoms with E-state index in [2.05, 4.69) is 9.97 Å². The summed E-state index contributed by atoms with van der Waals surface area (Å²) in [5, 5.41) is 0. The van der Waals surface area contributed by atoms with Gasteiger partial charge in [0.1, 0.15) is 11.6 Å². The van der Waals surface area contributed by atoms with E-state index in [-0.39, 0.29) is 17.8 Å². The highest BCUT2D eigenvalue weighted by Crippen LogP contribution is 2.29. The van der Waals surface area contributed by atoms with Crippen molar-refractivity contribution in [2.75, 3.05) is 0 Å². The van der Waals surface area contributed by atoms with Crippen LogP contribution in [0.4, 0.5) is 4.39 Å². The van der Waals surface area contributed by atoms with E-state index in [1.807, 2.05) is 35.2 Å². The fourth-order valence-corrected chi connectivity index (χ4v) is 3.11. The molecule has 1 aromatic heterocycles. The number of hydrogen-bond donors (Lipinski definition) is 1. The number of nitrogens with one attached hydrogen (secondary N) is 1. The van der Waals surface area contributed by atoms with Crippen molar-refractivity contribution in [1.29, 1.82) is 0 Å². The Bertz CT molecular complexity index is 868. The number of H-pyrrole nitrogens is 1. The van der Waals surface area contributed by atoms with E-state index in [1.165, 1.54) is 6.07 Å². The number of aromatic nitrogens is 2. The molecule has 1 heterocycles. The van der Waals surface area contributed by atoms with Gasteiger partial charge < -0.3 is 9.88 Å². The molecule has 0 atom stereocenters. The van der Waals surface area contributed by atoms with Crippen molar-refractivity contribution in [3.8, 4) is 0 Å². The number of rotatable bonds is 6. The summed E-state index contributed by atoms with van der Waals surface area (Å²) in [4.78, 5) is 22.3. The number of hydrogen-bond acceptors (Lipinski definition) is 2. The molecular formula is C20H20FN3O. The maximum absolute atomic E-state index is 13.9. The molecule has 0 radical (unpaired) electrons. The van der Waals surface area contributed by atoms with Crippen LogP contribution in [0.2, 0.25) is 0 Å². The molecule has 2 aromatic carbocycles. The molecule has 1 saturated carbocycles. The monoisotopic (exact) mass is 337 g/mol. The fraction of sp³-hybridized carbons (Fsp3) is 0.300. The molecule has 1 N–H and O–H groups in total. The highest BCUT2D eigenvalue weighted by Gasteiger charge is 2.32. The quantitative estimate of drug-likeness (QED) is 0.743. The molecule has 0 saturated heterocycles. The molecule has 0 bridgehead atoms. The van der Waals surface area contributed by atoms with Gasteiger partial charge in [0, 0.05) is 31.0 Å². The number of fused-ring (bicyclic) bond motifs is 1. The topological polar surface area (TPSA) is 49.0 Å². The third-order valence-electron chi connectivity index (χ3n) is 4.62. The Morgan fingerprint density at radius 1 is 1.16 bits per heavy atom. The molecule has 4 nitrogen and oxygen atoms in total. The molecule has 1 amide bonds. The first-order valence-corrected chi connectivity index (χ1v) is 8.67. The normalized spacial score (nSPS) is 14.0. The SMILES string of the molecule is O=C(CCc1nc2ccccc2[nH]1)N(Cc1ccccc1F)C1CC1. The number of carbonyl (C=O) groups is 1. The number of para-hydroxylation sites is 2. The van der Waals surface area contributed by atoms with Crippen LogP contribution in [-0.2, 0) is 17.8 Å². The molecule has 0 unspecified atom stereocenters. The highest BCUT2D eigenvalue weighted by molar-refractivity contribution is 5.78. The van der Waals surface area contributed by atoms with Gasteiger partial charge in [0.2, 0.25) is 5.91 Å². The van der Waals surface area contributed by atoms with Crippen molar-refractivity contribution in [2.24, 2.45) is 0 Å². The standard InChI is InChI=1S/C20H20FN3O/c21-16-6-2-1-5-14(16)13-24(15-9-10-15)20(25)12-11-19-22-17-7-3-4-8-18(17)23-19/h1-8,15H,9-13H2,(H,22,23). The first kappa shape index (κ1) is 15.8. The lowest BCUT2D eigenvalue weighted by Gasteiger charge is -2.22. The summed E-state index contributed by atoms with van der Waals surface area (Å²) in [6, 6.07) is 14.7. The molecule has 128 valence electrons. The van der Waals surface area contributed by atoms with Crippen LogP contribution in [0.5, 0.6) is 0 Å². The molecule has 4 rings (SSSR count). The van der Waals surface area contributed by atoms with E-state index >= 15 is 0 Å². The maximum atomic E-state index is 13.9. The predicted octanol–water partition coefficient (Wildman–Crippen LogP) is 3.83. The number of nitrogens with zero attached hydrogens (tertiary/aromatic N) is 2. The number of benzene rings is 2. The van der Waals surface area contributed by atoms with Crippen LogP contribution < -0.4 is 0 Å². The minimum Gasteiger partial charge on any atom is -0.342 e. The first-order chi connectivity index (χ1) is 12.2. The third-order valence-corrected chi connectivity index (χ3v) is 4.62. The van der Waals surface area contributed by atoms with Crippen molar-refractivity contribution in [1.82, 2.24) is 14.9 Å². The van der Waals surface area contributed by atoms with E-state index < -0.39 is 0 Å². The zero-order valence-electron chi connectivity index (χ0n) is 13.9. The van der Waals surface area contributed by atoms with E-state index in [0.717, 1.165) is 29.7 Å². The van der Waals surface area contributed by atoms with Crippen LogP contribution in [0.15, 0.2) is 48.5 Å². The molecule has 0 aliphatic heterocycles. The lowest BCUT2D eigenvalue weighted by molar-refractivity contribution is -0.132. The van der Waals surface area contributed by atoms with Gasteiger partial charge in [0.15, 0.2) is 0 Å². The van der Waals surface area contributed by atoms with Crippen LogP contribution in [0, 0.1) is 5.82 Å². The second-order valence-corrected chi connectivity index (χ2v) is 6.54. The molecule has 0 spiro atoms. The smallest absolute Gasteiger partial charge is 0.223 e. The summed E-state index contributed by atoms with van der Waals surface area (Å²) in [5.74, 6) is 0.626. The van der Waals surface area contributed by atoms with Gasteiger partial charge in [-0.3, -0.25) is 4.79 Å². The second-order valence-electron chi connectivity index (χ2n) is 6.54. The summed E-state index contributed by atoms with van der Waals surface area (Å²) in [6.07, 6.45) is 2.95. The Morgan fingerprint density at radius 2 is 1.92 bits per heavy atom. The summed E-state index contributed by atoms with van der Waals surface area (Å²) >= 11 is 0. The van der Waals surface area contributed by atoms with Crippen LogP contribution in [0.1, 0.15) is 30.7 Å². The van der Waals surface area contributed by atoms with Crippen LogP contribution >= 0.6 is 0 Å². The van der Waals surface area contributed by atoms with Crippen molar-refractivity contribution in [3.63, 3.8) is 0 Å². The summed E-state index contributed by atoms with van der Waals surface area (Å²) in [7, 11) is 0. The van der Waals surface area contributed by atoms with Crippen molar-refractivity contribution in [2.45, 2.75) is 38.3 Å². The lowest BCUT2D eigenvalue weighted by Crippen LogP contribution is -2.33. The molecule has 1 aliphatic carbocycles. The van der Waals surface area contributed by atoms with E-state index in [9.17, 15) is 9.18 Å². The van der Waals surface area contributed by atoms with Gasteiger partial charge in [0.25, 0.3) is 0 Å². The maximum Gasteiger partial charge on any atom is 0.223 e. The Morgan fingerprint density at radius 3 is 2.68 bits per heavy atom. The third kappa shape index (κ3) is 3.55. The van der Waals surface area contributed by atoms with Crippen LogP contribution in [0.3, 0.4) is 0 Å². The minimum atomic E-state index is -0.252. The van der Waals surface area contributed by atoms with Crippen molar-refractivity contribution < 1.29 is 9.18 Å². The van der Waals surface area contributed by atoms with Gasteiger partial charge in [-0.25, -0.2) is 9.37 Å². The second kappa shape index (κ2) is 6.67. The van der Waals surface area contributed by atoms with Gasteiger partial charge in [-0.1, -0.05) is 30.3 Å². The molecular weight excluding hydrogens is 317 g/mol. The average Bonchev–Trinajstić information content (AvgIpc) is 3.37. The van der Waals surface area contributed by atoms with Gasteiger partial charge >= 0.3 is 0 Å². The van der Waals surface area contributed by atoms with Crippen LogP contribution in [0.25, 0.3) is 11.0 Å². The summed E-state index contributed by atoms with van der Waals surface area (Å²) in [5.41, 5.74) is 2.47. The number of aromatic amines is 1. The molecule has 5 heteroatoms. The Labute approximate surface area is 145 Å². The first-order valence-electron chi connectivity index (χ1n) is 8.67.